The Labute approximate surface area is 146 Å². The van der Waals surface area contributed by atoms with Gasteiger partial charge in [-0.15, -0.1) is 6.58 Å². The summed E-state index contributed by atoms with van der Waals surface area (Å²) < 4.78 is 28.4. The Bertz CT molecular complexity index is 680. The number of nitrogens with zero attached hydrogens (tertiary/aromatic N) is 1. The molecule has 1 heterocycles. The molecule has 0 N–H and O–H groups in total. The van der Waals surface area contributed by atoms with Crippen LogP contribution in [0.3, 0.4) is 0 Å². The molecule has 0 amide bonds. The molecule has 1 aliphatic heterocycles. The maximum absolute atomic E-state index is 13.3. The molecule has 1 saturated heterocycles. The summed E-state index contributed by atoms with van der Waals surface area (Å²) >= 11 is 0. The average molecular weight is 348 g/mol. The van der Waals surface area contributed by atoms with Gasteiger partial charge in [0.2, 0.25) is 10.0 Å². The lowest BCUT2D eigenvalue weighted by molar-refractivity contribution is 0.0389. The minimum absolute atomic E-state index is 0.0353. The van der Waals surface area contributed by atoms with E-state index in [4.69, 9.17) is 0 Å². The summed E-state index contributed by atoms with van der Waals surface area (Å²) in [6, 6.07) is 7.28. The Morgan fingerprint density at radius 3 is 2.54 bits per heavy atom. The number of sulfonamides is 1. The third-order valence-electron chi connectivity index (χ3n) is 6.07. The fourth-order valence-corrected chi connectivity index (χ4v) is 6.47. The first-order valence-corrected chi connectivity index (χ1v) is 10.6. The second kappa shape index (κ2) is 7.01. The molecule has 3 nitrogen and oxygen atoms in total. The second-order valence-corrected chi connectivity index (χ2v) is 9.44. The van der Waals surface area contributed by atoms with E-state index in [9.17, 15) is 8.42 Å². The van der Waals surface area contributed by atoms with Gasteiger partial charge in [-0.2, -0.15) is 4.31 Å². The molecule has 1 saturated carbocycles. The van der Waals surface area contributed by atoms with Crippen molar-refractivity contribution in [1.29, 1.82) is 0 Å². The molecule has 132 valence electrons. The van der Waals surface area contributed by atoms with Gasteiger partial charge < -0.3 is 0 Å². The summed E-state index contributed by atoms with van der Waals surface area (Å²) in [5.41, 5.74) is 1.08. The van der Waals surface area contributed by atoms with Gasteiger partial charge in [0.25, 0.3) is 0 Å². The van der Waals surface area contributed by atoms with E-state index in [-0.39, 0.29) is 6.04 Å². The van der Waals surface area contributed by atoms with E-state index >= 15 is 0 Å². The van der Waals surface area contributed by atoms with Crippen LogP contribution in [0.2, 0.25) is 0 Å². The van der Waals surface area contributed by atoms with Crippen molar-refractivity contribution in [3.63, 3.8) is 0 Å². The molecule has 4 atom stereocenters. The lowest BCUT2D eigenvalue weighted by atomic mass is 9.68. The van der Waals surface area contributed by atoms with Crippen LogP contribution in [-0.4, -0.2) is 25.3 Å². The predicted octanol–water partition coefficient (Wildman–Crippen LogP) is 4.39. The van der Waals surface area contributed by atoms with Crippen LogP contribution in [0.1, 0.15) is 44.6 Å². The Kier molecular flexibility index (Phi) is 5.16. The highest BCUT2D eigenvalue weighted by Crippen LogP contribution is 2.44. The minimum Gasteiger partial charge on any atom is -0.207 e. The van der Waals surface area contributed by atoms with Crippen LogP contribution in [0.15, 0.2) is 41.8 Å². The summed E-state index contributed by atoms with van der Waals surface area (Å²) in [5, 5.41) is 0. The van der Waals surface area contributed by atoms with E-state index in [2.05, 4.69) is 13.5 Å². The van der Waals surface area contributed by atoms with Gasteiger partial charge in [0, 0.05) is 12.6 Å². The lowest BCUT2D eigenvalue weighted by Crippen LogP contribution is -2.55. The van der Waals surface area contributed by atoms with Crippen molar-refractivity contribution >= 4 is 10.0 Å². The quantitative estimate of drug-likeness (QED) is 0.758. The van der Waals surface area contributed by atoms with Gasteiger partial charge in [-0.05, 0) is 56.1 Å². The predicted molar refractivity (Wildman–Crippen MR) is 98.3 cm³/mol. The normalized spacial score (nSPS) is 31.4. The van der Waals surface area contributed by atoms with Crippen molar-refractivity contribution in [1.82, 2.24) is 4.31 Å². The van der Waals surface area contributed by atoms with Gasteiger partial charge in [-0.25, -0.2) is 8.42 Å². The summed E-state index contributed by atoms with van der Waals surface area (Å²) in [7, 11) is -3.45. The van der Waals surface area contributed by atoms with E-state index in [0.717, 1.165) is 18.4 Å². The maximum Gasteiger partial charge on any atom is 0.243 e. The van der Waals surface area contributed by atoms with Crippen molar-refractivity contribution in [2.45, 2.75) is 56.9 Å². The Morgan fingerprint density at radius 2 is 1.88 bits per heavy atom. The first-order chi connectivity index (χ1) is 11.4. The molecule has 2 aliphatic rings. The highest BCUT2D eigenvalue weighted by molar-refractivity contribution is 7.89. The van der Waals surface area contributed by atoms with Crippen LogP contribution in [0.25, 0.3) is 0 Å². The molecule has 2 fully saturated rings. The SMILES string of the molecule is C=CC[C@@H]1[C@H](C)[C@H]2CCCC[C@H]2CN1S(=O)(=O)c1ccc(C)cc1. The van der Waals surface area contributed by atoms with Crippen molar-refractivity contribution in [3.05, 3.63) is 42.5 Å². The van der Waals surface area contributed by atoms with Crippen molar-refractivity contribution < 1.29 is 8.42 Å². The van der Waals surface area contributed by atoms with Crippen LogP contribution in [0, 0.1) is 24.7 Å². The van der Waals surface area contributed by atoms with Gasteiger partial charge >= 0.3 is 0 Å². The third kappa shape index (κ3) is 3.18. The molecule has 1 aromatic rings. The summed E-state index contributed by atoms with van der Waals surface area (Å²) in [6.45, 7) is 8.77. The third-order valence-corrected chi connectivity index (χ3v) is 7.98. The minimum atomic E-state index is -3.45. The number of piperidine rings is 1. The van der Waals surface area contributed by atoms with Gasteiger partial charge in [0.15, 0.2) is 0 Å². The second-order valence-electron chi connectivity index (χ2n) is 7.55. The summed E-state index contributed by atoms with van der Waals surface area (Å²) in [6.07, 6.45) is 7.54. The molecule has 0 spiro atoms. The molecule has 0 bridgehead atoms. The van der Waals surface area contributed by atoms with Gasteiger partial charge in [0.05, 0.1) is 4.90 Å². The molecule has 1 aromatic carbocycles. The zero-order chi connectivity index (χ0) is 17.3. The average Bonchev–Trinajstić information content (AvgIpc) is 2.57. The molecule has 4 heteroatoms. The lowest BCUT2D eigenvalue weighted by Gasteiger charge is -2.49. The smallest absolute Gasteiger partial charge is 0.207 e. The largest absolute Gasteiger partial charge is 0.243 e. The van der Waals surface area contributed by atoms with Crippen LogP contribution < -0.4 is 0 Å². The fourth-order valence-electron chi connectivity index (χ4n) is 4.69. The zero-order valence-electron chi connectivity index (χ0n) is 14.8. The first kappa shape index (κ1) is 17.7. The highest BCUT2D eigenvalue weighted by atomic mass is 32.2. The number of fused-ring (bicyclic) bond motifs is 1. The zero-order valence-corrected chi connectivity index (χ0v) is 15.6. The van der Waals surface area contributed by atoms with Gasteiger partial charge in [-0.3, -0.25) is 0 Å². The molecule has 3 rings (SSSR count). The first-order valence-electron chi connectivity index (χ1n) is 9.14. The summed E-state index contributed by atoms with van der Waals surface area (Å²) in [5.74, 6) is 1.56. The van der Waals surface area contributed by atoms with Crippen molar-refractivity contribution in [2.75, 3.05) is 6.54 Å². The molecule has 0 radical (unpaired) electrons. The maximum atomic E-state index is 13.3. The van der Waals surface area contributed by atoms with Gasteiger partial charge in [0.1, 0.15) is 0 Å². The molecule has 1 aliphatic carbocycles. The Balaban J connectivity index is 1.96. The van der Waals surface area contributed by atoms with Gasteiger partial charge in [-0.1, -0.05) is 43.5 Å². The van der Waals surface area contributed by atoms with E-state index in [1.165, 1.54) is 19.3 Å². The molecule has 0 unspecified atom stereocenters. The monoisotopic (exact) mass is 347 g/mol. The van der Waals surface area contributed by atoms with E-state index < -0.39 is 10.0 Å². The van der Waals surface area contributed by atoms with Crippen LogP contribution in [0.4, 0.5) is 0 Å². The van der Waals surface area contributed by atoms with Crippen LogP contribution in [-0.2, 0) is 10.0 Å². The molecule has 0 aromatic heterocycles. The number of aryl methyl sites for hydroxylation is 1. The number of hydrogen-bond acceptors (Lipinski definition) is 2. The molecule has 24 heavy (non-hydrogen) atoms. The summed E-state index contributed by atoms with van der Waals surface area (Å²) in [4.78, 5) is 0.420. The number of hydrogen-bond donors (Lipinski definition) is 0. The van der Waals surface area contributed by atoms with Crippen LogP contribution >= 0.6 is 0 Å². The van der Waals surface area contributed by atoms with Crippen LogP contribution in [0.5, 0.6) is 0 Å². The van der Waals surface area contributed by atoms with E-state index in [0.29, 0.717) is 29.2 Å². The highest BCUT2D eigenvalue weighted by Gasteiger charge is 2.45. The fraction of sp³-hybridized carbons (Fsp3) is 0.600. The molecular formula is C20H29NO2S. The van der Waals surface area contributed by atoms with Crippen molar-refractivity contribution in [3.8, 4) is 0 Å². The van der Waals surface area contributed by atoms with Crippen molar-refractivity contribution in [2.24, 2.45) is 17.8 Å². The number of benzene rings is 1. The molecular weight excluding hydrogens is 318 g/mol. The standard InChI is InChI=1S/C20H29NO2S/c1-4-7-20-16(3)19-9-6-5-8-17(19)14-21(20)24(22,23)18-12-10-15(2)11-13-18/h4,10-13,16-17,19-20H,1,5-9,14H2,2-3H3/t16-,17+,19-,20-/m1/s1. The Morgan fingerprint density at radius 1 is 1.21 bits per heavy atom. The van der Waals surface area contributed by atoms with E-state index in [1.807, 2.05) is 25.1 Å². The number of rotatable bonds is 4. The van der Waals surface area contributed by atoms with E-state index in [1.54, 1.807) is 16.4 Å². The topological polar surface area (TPSA) is 37.4 Å². The Hall–Kier alpha value is -1.13.